The monoisotopic (exact) mass is 404 g/mol. The summed E-state index contributed by atoms with van der Waals surface area (Å²) in [6, 6.07) is 9.00. The van der Waals surface area contributed by atoms with E-state index in [9.17, 15) is 0 Å². The van der Waals surface area contributed by atoms with Crippen molar-refractivity contribution in [2.45, 2.75) is 135 Å². The van der Waals surface area contributed by atoms with Crippen molar-refractivity contribution >= 4 is 9.24 Å². The van der Waals surface area contributed by atoms with E-state index >= 15 is 0 Å². The van der Waals surface area contributed by atoms with Crippen LogP contribution in [0.3, 0.4) is 0 Å². The molecule has 0 spiro atoms. The minimum absolute atomic E-state index is 0.186. The molecule has 0 aliphatic heterocycles. The first-order chi connectivity index (χ1) is 13.6. The van der Waals surface area contributed by atoms with Crippen LogP contribution in [0.5, 0.6) is 0 Å². The lowest BCUT2D eigenvalue weighted by Gasteiger charge is -2.22. The summed E-state index contributed by atoms with van der Waals surface area (Å²) in [7, 11) is 3.00. The van der Waals surface area contributed by atoms with Gasteiger partial charge in [-0.25, -0.2) is 0 Å². The van der Waals surface area contributed by atoms with Gasteiger partial charge in [0.15, 0.2) is 0 Å². The maximum absolute atomic E-state index is 3.00. The van der Waals surface area contributed by atoms with E-state index in [1.807, 2.05) is 0 Å². The molecule has 28 heavy (non-hydrogen) atoms. The number of aryl methyl sites for hydroxylation is 1. The van der Waals surface area contributed by atoms with Crippen molar-refractivity contribution in [2.75, 3.05) is 0 Å². The largest absolute Gasteiger partial charge is 0.127 e. The molecule has 0 fully saturated rings. The van der Waals surface area contributed by atoms with Gasteiger partial charge in [0.1, 0.15) is 0 Å². The topological polar surface area (TPSA) is 0 Å². The number of hydrogen-bond acceptors (Lipinski definition) is 0. The van der Waals surface area contributed by atoms with Gasteiger partial charge in [0.05, 0.1) is 0 Å². The Labute approximate surface area is 179 Å². The summed E-state index contributed by atoms with van der Waals surface area (Å²) in [6.45, 7) is 6.89. The Morgan fingerprint density at radius 1 is 0.607 bits per heavy atom. The maximum atomic E-state index is 3.00. The van der Waals surface area contributed by atoms with Gasteiger partial charge < -0.3 is 0 Å². The Morgan fingerprint density at radius 3 is 1.43 bits per heavy atom. The Balaban J connectivity index is 1.90. The summed E-state index contributed by atoms with van der Waals surface area (Å²) < 4.78 is 0. The molecule has 1 rings (SSSR count). The van der Waals surface area contributed by atoms with Crippen molar-refractivity contribution in [2.24, 2.45) is 0 Å². The van der Waals surface area contributed by atoms with Gasteiger partial charge >= 0.3 is 0 Å². The molecule has 0 saturated heterocycles. The predicted octanol–water partition coefficient (Wildman–Crippen LogP) is 9.60. The molecule has 0 saturated carbocycles. The van der Waals surface area contributed by atoms with Crippen LogP contribution in [0.15, 0.2) is 24.3 Å². The molecular weight excluding hydrogens is 355 g/mol. The molecule has 0 amide bonds. The molecule has 0 nitrogen and oxygen atoms in total. The molecule has 1 aromatic rings. The van der Waals surface area contributed by atoms with Gasteiger partial charge in [0, 0.05) is 5.16 Å². The van der Waals surface area contributed by atoms with E-state index in [0.717, 1.165) is 0 Å². The third kappa shape index (κ3) is 13.0. The van der Waals surface area contributed by atoms with Crippen molar-refractivity contribution in [3.63, 3.8) is 0 Å². The van der Waals surface area contributed by atoms with Crippen LogP contribution in [0, 0.1) is 0 Å². The molecule has 162 valence electrons. The lowest BCUT2D eigenvalue weighted by molar-refractivity contribution is 0.529. The summed E-state index contributed by atoms with van der Waals surface area (Å²) in [5.41, 5.74) is 3.05. The minimum atomic E-state index is 0.186. The van der Waals surface area contributed by atoms with Crippen molar-refractivity contribution < 1.29 is 0 Å². The quantitative estimate of drug-likeness (QED) is 0.169. The van der Waals surface area contributed by atoms with Crippen molar-refractivity contribution in [1.29, 1.82) is 0 Å². The number of rotatable bonds is 18. The zero-order valence-electron chi connectivity index (χ0n) is 19.4. The molecule has 1 heteroatoms. The maximum Gasteiger partial charge on any atom is 0.00440 e. The second-order valence-corrected chi connectivity index (χ2v) is 10.9. The minimum Gasteiger partial charge on any atom is -0.127 e. The smallest absolute Gasteiger partial charge is 0.00440 e. The molecule has 1 unspecified atom stereocenters. The van der Waals surface area contributed by atoms with Gasteiger partial charge in [-0.15, -0.1) is 9.24 Å². The van der Waals surface area contributed by atoms with E-state index in [1.165, 1.54) is 115 Å². The van der Waals surface area contributed by atoms with E-state index in [2.05, 4.69) is 54.3 Å². The van der Waals surface area contributed by atoms with Crippen LogP contribution in [0.4, 0.5) is 0 Å². The summed E-state index contributed by atoms with van der Waals surface area (Å²) in [5.74, 6) is 0. The Kier molecular flexibility index (Phi) is 15.1. The second kappa shape index (κ2) is 16.4. The zero-order chi connectivity index (χ0) is 20.5. The summed E-state index contributed by atoms with van der Waals surface area (Å²) in [4.78, 5) is 0. The second-order valence-electron chi connectivity index (χ2n) is 9.43. The third-order valence-electron chi connectivity index (χ3n) is 6.01. The van der Waals surface area contributed by atoms with Gasteiger partial charge in [-0.1, -0.05) is 141 Å². The van der Waals surface area contributed by atoms with Crippen LogP contribution in [0.1, 0.15) is 135 Å². The third-order valence-corrected chi connectivity index (χ3v) is 6.32. The average Bonchev–Trinajstić information content (AvgIpc) is 2.67. The van der Waals surface area contributed by atoms with E-state index in [4.69, 9.17) is 0 Å². The number of hydrogen-bond donors (Lipinski definition) is 0. The first-order valence-corrected chi connectivity index (χ1v) is 13.0. The van der Waals surface area contributed by atoms with E-state index in [1.54, 1.807) is 5.56 Å². The molecule has 0 N–H and O–H groups in total. The molecule has 0 heterocycles. The van der Waals surface area contributed by atoms with Crippen LogP contribution in [-0.2, 0) is 11.6 Å². The zero-order valence-corrected chi connectivity index (χ0v) is 20.6. The fourth-order valence-corrected chi connectivity index (χ4v) is 4.51. The molecule has 0 aliphatic carbocycles. The van der Waals surface area contributed by atoms with Crippen molar-refractivity contribution in [3.8, 4) is 0 Å². The summed E-state index contributed by atoms with van der Waals surface area (Å²) in [6.07, 6.45) is 24.3. The fraction of sp³-hybridized carbons (Fsp3) is 0.778. The van der Waals surface area contributed by atoms with Gasteiger partial charge in [-0.2, -0.15) is 0 Å². The lowest BCUT2D eigenvalue weighted by Crippen LogP contribution is -2.10. The van der Waals surface area contributed by atoms with Gasteiger partial charge in [0.2, 0.25) is 0 Å². The van der Waals surface area contributed by atoms with Gasteiger partial charge in [-0.3, -0.25) is 0 Å². The first kappa shape index (κ1) is 25.7. The van der Waals surface area contributed by atoms with E-state index < -0.39 is 0 Å². The molecular formula is C27H49P. The molecule has 1 atom stereocenters. The fourth-order valence-electron chi connectivity index (χ4n) is 4.23. The Morgan fingerprint density at radius 2 is 1.00 bits per heavy atom. The van der Waals surface area contributed by atoms with Crippen LogP contribution in [-0.4, -0.2) is 0 Å². The lowest BCUT2D eigenvalue weighted by atomic mass is 9.93. The van der Waals surface area contributed by atoms with Crippen LogP contribution < -0.4 is 0 Å². The molecule has 0 aromatic heterocycles. The Bertz CT molecular complexity index is 471. The van der Waals surface area contributed by atoms with Crippen LogP contribution >= 0.6 is 9.24 Å². The normalized spacial score (nSPS) is 11.9. The Hall–Kier alpha value is -0.350. The van der Waals surface area contributed by atoms with E-state index in [-0.39, 0.29) is 5.16 Å². The highest BCUT2D eigenvalue weighted by Crippen LogP contribution is 2.33. The predicted molar refractivity (Wildman–Crippen MR) is 132 cm³/mol. The average molecular weight is 405 g/mol. The molecule has 1 aromatic carbocycles. The highest BCUT2D eigenvalue weighted by molar-refractivity contribution is 7.18. The molecule has 0 bridgehead atoms. The van der Waals surface area contributed by atoms with Crippen LogP contribution in [0.2, 0.25) is 0 Å². The SMILES string of the molecule is CCCCCCCCCCCCCCCCCCc1ccccc1C(C)(C)P. The highest BCUT2D eigenvalue weighted by Gasteiger charge is 2.16. The summed E-state index contributed by atoms with van der Waals surface area (Å²) >= 11 is 0. The van der Waals surface area contributed by atoms with Gasteiger partial charge in [-0.05, 0) is 24.0 Å². The van der Waals surface area contributed by atoms with Crippen molar-refractivity contribution in [3.05, 3.63) is 35.4 Å². The summed E-state index contributed by atoms with van der Waals surface area (Å²) in [5, 5.41) is 0.186. The van der Waals surface area contributed by atoms with Crippen molar-refractivity contribution in [1.82, 2.24) is 0 Å². The molecule has 0 radical (unpaired) electrons. The number of benzene rings is 1. The van der Waals surface area contributed by atoms with Crippen LogP contribution in [0.25, 0.3) is 0 Å². The standard InChI is InChI=1S/C27H49P/c1-4-5-6-7-8-9-10-11-12-13-14-15-16-17-18-19-22-25-23-20-21-24-26(25)27(2,3)28/h20-21,23-24H,4-19,22,28H2,1-3H3. The number of unbranched alkanes of at least 4 members (excludes halogenated alkanes) is 15. The van der Waals surface area contributed by atoms with E-state index in [0.29, 0.717) is 0 Å². The van der Waals surface area contributed by atoms with Gasteiger partial charge in [0.25, 0.3) is 0 Å². The molecule has 0 aliphatic rings. The highest BCUT2D eigenvalue weighted by atomic mass is 31.0. The first-order valence-electron chi connectivity index (χ1n) is 12.4.